The van der Waals surface area contributed by atoms with Crippen molar-refractivity contribution in [1.82, 2.24) is 0 Å². The van der Waals surface area contributed by atoms with E-state index in [9.17, 15) is 4.79 Å². The number of hydrogen-bond donors (Lipinski definition) is 0. The van der Waals surface area contributed by atoms with E-state index in [0.717, 1.165) is 14.6 Å². The molecule has 10 heavy (non-hydrogen) atoms. The van der Waals surface area contributed by atoms with E-state index in [2.05, 4.69) is 13.2 Å². The van der Waals surface area contributed by atoms with Gasteiger partial charge in [-0.3, -0.25) is 4.79 Å². The van der Waals surface area contributed by atoms with Crippen LogP contribution >= 0.6 is 11.3 Å². The van der Waals surface area contributed by atoms with Crippen LogP contribution in [-0.2, 0) is 0 Å². The van der Waals surface area contributed by atoms with Crippen molar-refractivity contribution in [3.05, 3.63) is 20.7 Å². The molecule has 0 saturated carbocycles. The fourth-order valence-corrected chi connectivity index (χ4v) is 1.44. The largest absolute Gasteiger partial charge is 0.294 e. The molecule has 1 aromatic rings. The summed E-state index contributed by atoms with van der Waals surface area (Å²) in [6.45, 7) is 8.99. The molecule has 0 saturated heterocycles. The zero-order valence-electron chi connectivity index (χ0n) is 5.81. The number of rotatable bonds is 1. The number of thiophene rings is 1. The Labute approximate surface area is 63.3 Å². The second-order valence-corrected chi connectivity index (χ2v) is 3.25. The van der Waals surface area contributed by atoms with E-state index >= 15 is 0 Å². The maximum absolute atomic E-state index is 10.8. The first-order valence-electron chi connectivity index (χ1n) is 2.90. The molecule has 0 amide bonds. The Bertz CT molecular complexity index is 320. The van der Waals surface area contributed by atoms with Gasteiger partial charge in [-0.05, 0) is 18.2 Å². The van der Waals surface area contributed by atoms with Crippen molar-refractivity contribution < 1.29 is 4.79 Å². The van der Waals surface area contributed by atoms with Crippen LogP contribution in [0.15, 0.2) is 6.07 Å². The standard InChI is InChI=1S/C8H8OS/c1-5-4-8(6(2)9)10-7(5)3/h4H,1,3H2,2H3. The maximum Gasteiger partial charge on any atom is 0.169 e. The van der Waals surface area contributed by atoms with Gasteiger partial charge < -0.3 is 0 Å². The number of carbonyl (C=O) groups excluding carboxylic acids is 1. The van der Waals surface area contributed by atoms with E-state index < -0.39 is 0 Å². The number of ketones is 1. The van der Waals surface area contributed by atoms with Gasteiger partial charge >= 0.3 is 0 Å². The van der Waals surface area contributed by atoms with E-state index in [-0.39, 0.29) is 5.78 Å². The third-order valence-corrected chi connectivity index (χ3v) is 2.38. The molecule has 0 aliphatic heterocycles. The van der Waals surface area contributed by atoms with Crippen molar-refractivity contribution in [3.8, 4) is 0 Å². The molecule has 1 nitrogen and oxygen atoms in total. The summed E-state index contributed by atoms with van der Waals surface area (Å²) in [5.74, 6) is 0.0878. The molecule has 2 heteroatoms. The quantitative estimate of drug-likeness (QED) is 0.543. The number of carbonyl (C=O) groups is 1. The van der Waals surface area contributed by atoms with Crippen molar-refractivity contribution in [2.75, 3.05) is 0 Å². The van der Waals surface area contributed by atoms with Crippen molar-refractivity contribution in [1.29, 1.82) is 0 Å². The van der Waals surface area contributed by atoms with Crippen LogP contribution in [0.1, 0.15) is 16.6 Å². The van der Waals surface area contributed by atoms with E-state index in [1.54, 1.807) is 13.0 Å². The summed E-state index contributed by atoms with van der Waals surface area (Å²) in [7, 11) is 0. The van der Waals surface area contributed by atoms with Gasteiger partial charge in [0.2, 0.25) is 0 Å². The van der Waals surface area contributed by atoms with Crippen molar-refractivity contribution in [2.45, 2.75) is 6.92 Å². The summed E-state index contributed by atoms with van der Waals surface area (Å²) >= 11 is 1.40. The highest BCUT2D eigenvalue weighted by Crippen LogP contribution is 1.98. The smallest absolute Gasteiger partial charge is 0.169 e. The average molecular weight is 152 g/mol. The van der Waals surface area contributed by atoms with E-state index in [1.165, 1.54) is 11.3 Å². The van der Waals surface area contributed by atoms with Crippen LogP contribution in [0.5, 0.6) is 0 Å². The van der Waals surface area contributed by atoms with Crippen LogP contribution in [0.25, 0.3) is 13.2 Å². The zero-order chi connectivity index (χ0) is 7.72. The SMILES string of the molecule is C=c1cc(C(C)=O)sc1=C. The van der Waals surface area contributed by atoms with Gasteiger partial charge in [0, 0.05) is 4.53 Å². The highest BCUT2D eigenvalue weighted by atomic mass is 32.1. The molecule has 0 atom stereocenters. The Morgan fingerprint density at radius 2 is 2.20 bits per heavy atom. The predicted molar refractivity (Wildman–Crippen MR) is 44.6 cm³/mol. The monoisotopic (exact) mass is 152 g/mol. The Morgan fingerprint density at radius 1 is 1.60 bits per heavy atom. The van der Waals surface area contributed by atoms with Crippen LogP contribution in [0.2, 0.25) is 0 Å². The summed E-state index contributed by atoms with van der Waals surface area (Å²) in [5, 5.41) is 0.857. The lowest BCUT2D eigenvalue weighted by atomic mass is 10.3. The molecule has 1 heterocycles. The summed E-state index contributed by atoms with van der Waals surface area (Å²) in [5.41, 5.74) is 0. The Morgan fingerprint density at radius 3 is 2.40 bits per heavy atom. The van der Waals surface area contributed by atoms with Crippen molar-refractivity contribution >= 4 is 30.3 Å². The lowest BCUT2D eigenvalue weighted by Crippen LogP contribution is -2.12. The molecule has 0 N–H and O–H groups in total. The number of Topliss-reactive ketones (excluding diaryl/α,β-unsaturated/α-hetero) is 1. The molecule has 0 bridgehead atoms. The molecule has 52 valence electrons. The van der Waals surface area contributed by atoms with Crippen molar-refractivity contribution in [2.24, 2.45) is 0 Å². The minimum Gasteiger partial charge on any atom is -0.294 e. The predicted octanol–water partition coefficient (Wildman–Crippen LogP) is 0.771. The van der Waals surface area contributed by atoms with Gasteiger partial charge in [-0.25, -0.2) is 0 Å². The zero-order valence-corrected chi connectivity index (χ0v) is 6.62. The van der Waals surface area contributed by atoms with Gasteiger partial charge in [-0.2, -0.15) is 0 Å². The molecular weight excluding hydrogens is 144 g/mol. The van der Waals surface area contributed by atoms with Crippen LogP contribution in [0.4, 0.5) is 0 Å². The summed E-state index contributed by atoms with van der Waals surface area (Å²) in [6.07, 6.45) is 0. The third-order valence-electron chi connectivity index (χ3n) is 1.24. The maximum atomic E-state index is 10.8. The first kappa shape index (κ1) is 7.22. The van der Waals surface area contributed by atoms with Gasteiger partial charge in [0.05, 0.1) is 4.88 Å². The topological polar surface area (TPSA) is 17.1 Å². The average Bonchev–Trinajstić information content (AvgIpc) is 2.13. The van der Waals surface area contributed by atoms with E-state index in [0.29, 0.717) is 0 Å². The fourth-order valence-electron chi connectivity index (χ4n) is 0.640. The van der Waals surface area contributed by atoms with Crippen LogP contribution < -0.4 is 9.75 Å². The van der Waals surface area contributed by atoms with Crippen LogP contribution in [0.3, 0.4) is 0 Å². The first-order valence-corrected chi connectivity index (χ1v) is 3.71. The molecule has 0 aliphatic carbocycles. The summed E-state index contributed by atoms with van der Waals surface area (Å²) < 4.78 is 0.880. The second-order valence-electron chi connectivity index (χ2n) is 2.12. The molecule has 0 unspecified atom stereocenters. The molecule has 0 aromatic carbocycles. The van der Waals surface area contributed by atoms with Gasteiger partial charge in [0.25, 0.3) is 0 Å². The minimum atomic E-state index is 0.0878. The fraction of sp³-hybridized carbons (Fsp3) is 0.125. The summed E-state index contributed by atoms with van der Waals surface area (Å²) in [4.78, 5) is 11.5. The van der Waals surface area contributed by atoms with E-state index in [4.69, 9.17) is 0 Å². The van der Waals surface area contributed by atoms with Gasteiger partial charge in [-0.1, -0.05) is 13.2 Å². The Hall–Kier alpha value is -0.890. The molecule has 0 fully saturated rings. The van der Waals surface area contributed by atoms with Crippen LogP contribution in [-0.4, -0.2) is 5.78 Å². The first-order chi connectivity index (χ1) is 4.61. The molecule has 0 spiro atoms. The summed E-state index contributed by atoms with van der Waals surface area (Å²) in [6, 6.07) is 1.77. The molecule has 0 radical (unpaired) electrons. The number of hydrogen-bond acceptors (Lipinski definition) is 2. The van der Waals surface area contributed by atoms with Gasteiger partial charge in [0.15, 0.2) is 5.78 Å². The highest BCUT2D eigenvalue weighted by molar-refractivity contribution is 7.11. The lowest BCUT2D eigenvalue weighted by molar-refractivity contribution is 0.102. The Kier molecular flexibility index (Phi) is 1.72. The molecule has 0 aliphatic rings. The van der Waals surface area contributed by atoms with Crippen molar-refractivity contribution in [3.63, 3.8) is 0 Å². The Balaban J connectivity index is 3.37. The molecule has 1 rings (SSSR count). The third kappa shape index (κ3) is 1.16. The minimum absolute atomic E-state index is 0.0878. The highest BCUT2D eigenvalue weighted by Gasteiger charge is 1.99. The van der Waals surface area contributed by atoms with Gasteiger partial charge in [-0.15, -0.1) is 11.3 Å². The molecular formula is C8H8OS. The second kappa shape index (κ2) is 2.39. The molecule has 1 aromatic heterocycles. The van der Waals surface area contributed by atoms with E-state index in [1.807, 2.05) is 0 Å². The van der Waals surface area contributed by atoms with Crippen LogP contribution in [0, 0.1) is 0 Å². The normalized spacial score (nSPS) is 9.70. The van der Waals surface area contributed by atoms with Gasteiger partial charge in [0.1, 0.15) is 0 Å². The lowest BCUT2D eigenvalue weighted by Gasteiger charge is -1.79.